The predicted molar refractivity (Wildman–Crippen MR) is 121 cm³/mol. The van der Waals surface area contributed by atoms with Crippen molar-refractivity contribution < 1.29 is 19.2 Å². The van der Waals surface area contributed by atoms with E-state index in [-0.39, 0.29) is 28.1 Å². The third-order valence-electron chi connectivity index (χ3n) is 4.35. The molecule has 0 saturated carbocycles. The number of halogens is 1. The lowest BCUT2D eigenvalue weighted by Crippen LogP contribution is -2.15. The maximum atomic E-state index is 12.3. The zero-order valence-corrected chi connectivity index (χ0v) is 19.0. The van der Waals surface area contributed by atoms with Crippen molar-refractivity contribution in [2.75, 3.05) is 18.2 Å². The van der Waals surface area contributed by atoms with Crippen molar-refractivity contribution in [3.8, 4) is 11.5 Å². The minimum atomic E-state index is -0.559. The van der Waals surface area contributed by atoms with Gasteiger partial charge >= 0.3 is 0 Å². The molecule has 0 aliphatic rings. The molecule has 0 aliphatic heterocycles. The molecule has 0 saturated heterocycles. The number of non-ortho nitro benzene ring substituents is 1. The van der Waals surface area contributed by atoms with E-state index in [4.69, 9.17) is 21.1 Å². The first-order chi connectivity index (χ1) is 15.3. The Morgan fingerprint density at radius 3 is 2.75 bits per heavy atom. The van der Waals surface area contributed by atoms with Crippen LogP contribution in [0.2, 0.25) is 5.02 Å². The second-order valence-electron chi connectivity index (χ2n) is 6.60. The molecule has 3 aromatic rings. The number of ether oxygens (including phenoxy) is 2. The molecule has 0 spiro atoms. The van der Waals surface area contributed by atoms with E-state index in [1.165, 1.54) is 30.0 Å². The van der Waals surface area contributed by atoms with Crippen molar-refractivity contribution in [3.63, 3.8) is 0 Å². The maximum Gasteiger partial charge on any atom is 0.271 e. The van der Waals surface area contributed by atoms with Gasteiger partial charge in [0.25, 0.3) is 5.69 Å². The number of nitrogens with zero attached hydrogens (tertiary/aromatic N) is 4. The van der Waals surface area contributed by atoms with Gasteiger partial charge in [-0.05, 0) is 25.1 Å². The number of anilines is 1. The Balaban J connectivity index is 1.61. The lowest BCUT2D eigenvalue weighted by Gasteiger charge is -2.14. The molecular formula is C20H20ClN5O5S. The van der Waals surface area contributed by atoms with E-state index in [1.54, 1.807) is 24.8 Å². The Hall–Kier alpha value is -3.31. The summed E-state index contributed by atoms with van der Waals surface area (Å²) in [5.41, 5.74) is 0.00533. The molecule has 0 aliphatic carbocycles. The Morgan fingerprint density at radius 2 is 2.03 bits per heavy atom. The highest BCUT2D eigenvalue weighted by molar-refractivity contribution is 7.99. The molecule has 1 N–H and O–H groups in total. The summed E-state index contributed by atoms with van der Waals surface area (Å²) in [6.45, 7) is 1.84. The second kappa shape index (κ2) is 10.3. The zero-order valence-electron chi connectivity index (χ0n) is 17.4. The number of nitro benzene ring substituents is 1. The third kappa shape index (κ3) is 5.68. The lowest BCUT2D eigenvalue weighted by atomic mass is 10.3. The molecule has 0 bridgehead atoms. The van der Waals surface area contributed by atoms with Gasteiger partial charge in [0, 0.05) is 25.2 Å². The number of hydrogen-bond donors (Lipinski definition) is 1. The van der Waals surface area contributed by atoms with Crippen molar-refractivity contribution in [2.45, 2.75) is 18.2 Å². The van der Waals surface area contributed by atoms with Crippen LogP contribution in [0.15, 0.2) is 47.6 Å². The van der Waals surface area contributed by atoms with Crippen LogP contribution in [0, 0.1) is 10.1 Å². The van der Waals surface area contributed by atoms with Crippen molar-refractivity contribution in [2.24, 2.45) is 7.05 Å². The highest BCUT2D eigenvalue weighted by Crippen LogP contribution is 2.28. The number of benzene rings is 2. The first-order valence-electron chi connectivity index (χ1n) is 9.35. The Kier molecular flexibility index (Phi) is 7.54. The van der Waals surface area contributed by atoms with Crippen molar-refractivity contribution in [1.82, 2.24) is 14.8 Å². The molecule has 1 heterocycles. The molecule has 0 radical (unpaired) electrons. The monoisotopic (exact) mass is 477 g/mol. The number of nitro groups is 1. The quantitative estimate of drug-likeness (QED) is 0.275. The highest BCUT2D eigenvalue weighted by Gasteiger charge is 2.19. The van der Waals surface area contributed by atoms with Crippen molar-refractivity contribution >= 4 is 40.6 Å². The number of thioether (sulfide) groups is 1. The van der Waals surface area contributed by atoms with Gasteiger partial charge in [-0.25, -0.2) is 0 Å². The number of nitrogens with one attached hydrogen (secondary N) is 1. The van der Waals surface area contributed by atoms with Gasteiger partial charge in [0.2, 0.25) is 5.91 Å². The topological polar surface area (TPSA) is 121 Å². The molecule has 1 aromatic heterocycles. The number of hydrogen-bond acceptors (Lipinski definition) is 8. The van der Waals surface area contributed by atoms with E-state index in [9.17, 15) is 14.9 Å². The Morgan fingerprint density at radius 1 is 1.28 bits per heavy atom. The van der Waals surface area contributed by atoms with Gasteiger partial charge in [-0.2, -0.15) is 0 Å². The molecule has 1 atom stereocenters. The molecule has 0 fully saturated rings. The fraction of sp³-hybridized carbons (Fsp3) is 0.250. The summed E-state index contributed by atoms with van der Waals surface area (Å²) in [7, 11) is 3.36. The number of carbonyl (C=O) groups excluding carboxylic acids is 1. The fourth-order valence-electron chi connectivity index (χ4n) is 2.78. The van der Waals surface area contributed by atoms with Crippen LogP contribution >= 0.6 is 23.4 Å². The summed E-state index contributed by atoms with van der Waals surface area (Å²) < 4.78 is 12.9. The SMILES string of the molecule is COc1cccc(OC(C)c2nnc(SCC(=O)Nc3cc([N+](=O)[O-])ccc3Cl)n2C)c1. The molecule has 1 unspecified atom stereocenters. The molecular weight excluding hydrogens is 458 g/mol. The van der Waals surface area contributed by atoms with Gasteiger partial charge < -0.3 is 19.4 Å². The van der Waals surface area contributed by atoms with Gasteiger partial charge in [-0.1, -0.05) is 29.4 Å². The van der Waals surface area contributed by atoms with E-state index in [0.717, 1.165) is 0 Å². The van der Waals surface area contributed by atoms with E-state index in [2.05, 4.69) is 15.5 Å². The van der Waals surface area contributed by atoms with E-state index in [1.807, 2.05) is 25.1 Å². The summed E-state index contributed by atoms with van der Waals surface area (Å²) in [4.78, 5) is 22.7. The molecule has 2 aromatic carbocycles. The van der Waals surface area contributed by atoms with Gasteiger partial charge in [0.1, 0.15) is 11.5 Å². The standard InChI is InChI=1S/C20H20ClN5O5S/c1-12(31-15-6-4-5-14(10-15)30-3)19-23-24-20(25(19)2)32-11-18(27)22-17-9-13(26(28)29)7-8-16(17)21/h4-10,12H,11H2,1-3H3,(H,22,27). The zero-order chi connectivity index (χ0) is 23.3. The van der Waals surface area contributed by atoms with Crippen LogP contribution in [0.5, 0.6) is 11.5 Å². The molecule has 3 rings (SSSR count). The molecule has 10 nitrogen and oxygen atoms in total. The number of rotatable bonds is 9. The average molecular weight is 478 g/mol. The van der Waals surface area contributed by atoms with Crippen LogP contribution in [-0.2, 0) is 11.8 Å². The minimum absolute atomic E-state index is 0.0100. The van der Waals surface area contributed by atoms with Crippen molar-refractivity contribution in [1.29, 1.82) is 0 Å². The first kappa shape index (κ1) is 23.4. The van der Waals surface area contributed by atoms with Gasteiger partial charge in [-0.15, -0.1) is 10.2 Å². The van der Waals surface area contributed by atoms with Crippen LogP contribution in [0.4, 0.5) is 11.4 Å². The van der Waals surface area contributed by atoms with Crippen LogP contribution in [0.1, 0.15) is 18.9 Å². The van der Waals surface area contributed by atoms with Crippen molar-refractivity contribution in [3.05, 3.63) is 63.4 Å². The maximum absolute atomic E-state index is 12.3. The Labute approximate surface area is 193 Å². The highest BCUT2D eigenvalue weighted by atomic mass is 35.5. The summed E-state index contributed by atoms with van der Waals surface area (Å²) in [5, 5.41) is 22.5. The summed E-state index contributed by atoms with van der Waals surface area (Å²) >= 11 is 7.18. The number of aromatic nitrogens is 3. The van der Waals surface area contributed by atoms with Gasteiger partial charge in [0.05, 0.1) is 28.5 Å². The minimum Gasteiger partial charge on any atom is -0.497 e. The smallest absolute Gasteiger partial charge is 0.271 e. The first-order valence-corrected chi connectivity index (χ1v) is 10.7. The summed E-state index contributed by atoms with van der Waals surface area (Å²) in [6.07, 6.45) is -0.397. The number of amides is 1. The number of methoxy groups -OCH3 is 1. The van der Waals surface area contributed by atoms with E-state index in [0.29, 0.717) is 22.5 Å². The van der Waals surface area contributed by atoms with Crippen LogP contribution < -0.4 is 14.8 Å². The van der Waals surface area contributed by atoms with Gasteiger partial charge in [-0.3, -0.25) is 14.9 Å². The molecule has 32 heavy (non-hydrogen) atoms. The lowest BCUT2D eigenvalue weighted by molar-refractivity contribution is -0.384. The fourth-order valence-corrected chi connectivity index (χ4v) is 3.66. The van der Waals surface area contributed by atoms with Gasteiger partial charge in [0.15, 0.2) is 17.1 Å². The van der Waals surface area contributed by atoms with E-state index >= 15 is 0 Å². The van der Waals surface area contributed by atoms with E-state index < -0.39 is 11.0 Å². The van der Waals surface area contributed by atoms with Crippen LogP contribution in [0.25, 0.3) is 0 Å². The Bertz CT molecular complexity index is 1140. The number of carbonyl (C=O) groups is 1. The molecule has 12 heteroatoms. The molecule has 1 amide bonds. The normalized spacial score (nSPS) is 11.6. The summed E-state index contributed by atoms with van der Waals surface area (Å²) in [5.74, 6) is 1.51. The third-order valence-corrected chi connectivity index (χ3v) is 5.70. The summed E-state index contributed by atoms with van der Waals surface area (Å²) in [6, 6.07) is 11.1. The average Bonchev–Trinajstić information content (AvgIpc) is 3.14. The molecule has 168 valence electrons. The predicted octanol–water partition coefficient (Wildman–Crippen LogP) is 4.26. The second-order valence-corrected chi connectivity index (χ2v) is 7.95. The van der Waals surface area contributed by atoms with Crippen LogP contribution in [0.3, 0.4) is 0 Å². The van der Waals surface area contributed by atoms with Crippen LogP contribution in [-0.4, -0.2) is 38.5 Å². The largest absolute Gasteiger partial charge is 0.497 e.